The van der Waals surface area contributed by atoms with Crippen LogP contribution in [0.2, 0.25) is 0 Å². The Morgan fingerprint density at radius 3 is 2.48 bits per heavy atom. The van der Waals surface area contributed by atoms with Gasteiger partial charge < -0.3 is 15.4 Å². The van der Waals surface area contributed by atoms with Gasteiger partial charge in [0.15, 0.2) is 0 Å². The van der Waals surface area contributed by atoms with E-state index in [0.717, 1.165) is 0 Å². The number of hydrogen-bond acceptors (Lipinski definition) is 5. The fourth-order valence-electron chi connectivity index (χ4n) is 2.63. The van der Waals surface area contributed by atoms with Gasteiger partial charge in [-0.15, -0.1) is 0 Å². The third-order valence-electron chi connectivity index (χ3n) is 4.18. The fraction of sp³-hybridized carbons (Fsp3) is 0.300. The molecule has 0 fully saturated rings. The van der Waals surface area contributed by atoms with Gasteiger partial charge in [0.05, 0.1) is 17.7 Å². The first-order valence-electron chi connectivity index (χ1n) is 9.04. The second-order valence-electron chi connectivity index (χ2n) is 6.38. The number of ether oxygens (including phenoxy) is 1. The van der Waals surface area contributed by atoms with E-state index < -0.39 is 22.0 Å². The second kappa shape index (κ2) is 9.42. The molecule has 8 nitrogen and oxygen atoms in total. The predicted octanol–water partition coefficient (Wildman–Crippen LogP) is 2.06. The van der Waals surface area contributed by atoms with Crippen molar-refractivity contribution in [3.05, 3.63) is 53.6 Å². The minimum atomic E-state index is -3.98. The summed E-state index contributed by atoms with van der Waals surface area (Å²) in [5, 5.41) is 5.17. The number of carbonyl (C=O) groups excluding carboxylic acids is 2. The lowest BCUT2D eigenvalue weighted by molar-refractivity contribution is -0.122. The Balaban J connectivity index is 2.30. The monoisotopic (exact) mass is 419 g/mol. The summed E-state index contributed by atoms with van der Waals surface area (Å²) in [7, 11) is -2.53. The molecular weight excluding hydrogens is 394 g/mol. The van der Waals surface area contributed by atoms with Crippen molar-refractivity contribution in [1.82, 2.24) is 10.6 Å². The van der Waals surface area contributed by atoms with Crippen LogP contribution in [0.4, 0.5) is 5.69 Å². The van der Waals surface area contributed by atoms with E-state index in [9.17, 15) is 18.0 Å². The van der Waals surface area contributed by atoms with Crippen LogP contribution in [0.1, 0.15) is 29.8 Å². The minimum absolute atomic E-state index is 0.0401. The number of hydrogen-bond donors (Lipinski definition) is 3. The maximum absolute atomic E-state index is 12.9. The van der Waals surface area contributed by atoms with Gasteiger partial charge in [0.1, 0.15) is 11.8 Å². The van der Waals surface area contributed by atoms with Gasteiger partial charge in [0, 0.05) is 12.1 Å². The van der Waals surface area contributed by atoms with Crippen LogP contribution in [0.25, 0.3) is 0 Å². The van der Waals surface area contributed by atoms with E-state index in [-0.39, 0.29) is 22.1 Å². The molecule has 0 saturated carbocycles. The summed E-state index contributed by atoms with van der Waals surface area (Å²) in [4.78, 5) is 24.3. The zero-order chi connectivity index (χ0) is 21.6. The van der Waals surface area contributed by atoms with Crippen molar-refractivity contribution < 1.29 is 22.7 Å². The first-order valence-corrected chi connectivity index (χ1v) is 10.5. The molecule has 0 aliphatic heterocycles. The summed E-state index contributed by atoms with van der Waals surface area (Å²) in [6.07, 6.45) is 0. The second-order valence-corrected chi connectivity index (χ2v) is 8.03. The molecule has 2 amide bonds. The van der Waals surface area contributed by atoms with Crippen molar-refractivity contribution in [1.29, 1.82) is 0 Å². The summed E-state index contributed by atoms with van der Waals surface area (Å²) in [6, 6.07) is 10.2. The molecule has 0 heterocycles. The molecule has 0 aliphatic carbocycles. The Labute approximate surface area is 170 Å². The van der Waals surface area contributed by atoms with Crippen LogP contribution >= 0.6 is 0 Å². The molecule has 156 valence electrons. The number of rotatable bonds is 8. The van der Waals surface area contributed by atoms with E-state index >= 15 is 0 Å². The average Bonchev–Trinajstić information content (AvgIpc) is 2.68. The lowest BCUT2D eigenvalue weighted by Crippen LogP contribution is -2.44. The molecule has 0 bridgehead atoms. The molecule has 0 unspecified atom stereocenters. The summed E-state index contributed by atoms with van der Waals surface area (Å²) < 4.78 is 33.5. The van der Waals surface area contributed by atoms with Crippen molar-refractivity contribution in [2.75, 3.05) is 18.4 Å². The van der Waals surface area contributed by atoms with E-state index in [2.05, 4.69) is 15.4 Å². The number of para-hydroxylation sites is 2. The largest absolute Gasteiger partial charge is 0.495 e. The predicted molar refractivity (Wildman–Crippen MR) is 111 cm³/mol. The van der Waals surface area contributed by atoms with Gasteiger partial charge in [-0.3, -0.25) is 14.3 Å². The molecule has 0 aliphatic rings. The van der Waals surface area contributed by atoms with Crippen LogP contribution in [0.15, 0.2) is 47.4 Å². The van der Waals surface area contributed by atoms with Crippen LogP contribution in [-0.2, 0) is 14.8 Å². The first kappa shape index (κ1) is 22.2. The number of sulfonamides is 1. The number of aryl methyl sites for hydroxylation is 1. The lowest BCUT2D eigenvalue weighted by atomic mass is 10.1. The fourth-order valence-corrected chi connectivity index (χ4v) is 3.97. The SMILES string of the molecule is CCNC(=O)[C@@H](C)NC(=O)c1ccc(C)c(S(=O)(=O)Nc2ccccc2OC)c1. The van der Waals surface area contributed by atoms with E-state index in [4.69, 9.17) is 4.74 Å². The summed E-state index contributed by atoms with van der Waals surface area (Å²) in [5.74, 6) is -0.491. The number of nitrogens with one attached hydrogen (secondary N) is 3. The highest BCUT2D eigenvalue weighted by molar-refractivity contribution is 7.92. The number of anilines is 1. The Morgan fingerprint density at radius 1 is 1.14 bits per heavy atom. The van der Waals surface area contributed by atoms with Crippen molar-refractivity contribution in [2.45, 2.75) is 31.7 Å². The van der Waals surface area contributed by atoms with Gasteiger partial charge >= 0.3 is 0 Å². The average molecular weight is 420 g/mol. The van der Waals surface area contributed by atoms with E-state index in [1.165, 1.54) is 19.2 Å². The molecule has 29 heavy (non-hydrogen) atoms. The van der Waals surface area contributed by atoms with Gasteiger partial charge in [-0.2, -0.15) is 0 Å². The number of carbonyl (C=O) groups is 2. The zero-order valence-electron chi connectivity index (χ0n) is 16.8. The van der Waals surface area contributed by atoms with Crippen LogP contribution in [0.5, 0.6) is 5.75 Å². The minimum Gasteiger partial charge on any atom is -0.495 e. The van der Waals surface area contributed by atoms with Crippen LogP contribution < -0.4 is 20.1 Å². The Kier molecular flexibility index (Phi) is 7.22. The molecule has 0 spiro atoms. The van der Waals surface area contributed by atoms with Gasteiger partial charge in [0.25, 0.3) is 15.9 Å². The molecule has 3 N–H and O–H groups in total. The molecule has 2 rings (SSSR count). The maximum Gasteiger partial charge on any atom is 0.262 e. The number of likely N-dealkylation sites (N-methyl/N-ethyl adjacent to an activating group) is 1. The Hall–Kier alpha value is -3.07. The smallest absolute Gasteiger partial charge is 0.262 e. The molecule has 0 aromatic heterocycles. The number of methoxy groups -OCH3 is 1. The highest BCUT2D eigenvalue weighted by Gasteiger charge is 2.22. The van der Waals surface area contributed by atoms with Gasteiger partial charge in [0.2, 0.25) is 5.91 Å². The molecule has 9 heteroatoms. The van der Waals surface area contributed by atoms with Gasteiger partial charge in [-0.05, 0) is 50.6 Å². The maximum atomic E-state index is 12.9. The summed E-state index contributed by atoms with van der Waals surface area (Å²) >= 11 is 0. The third kappa shape index (κ3) is 5.47. The van der Waals surface area contributed by atoms with Crippen LogP contribution in [-0.4, -0.2) is 39.9 Å². The van der Waals surface area contributed by atoms with E-state index in [1.54, 1.807) is 51.1 Å². The molecule has 0 radical (unpaired) electrons. The lowest BCUT2D eigenvalue weighted by Gasteiger charge is -2.16. The normalized spacial score (nSPS) is 12.0. The van der Waals surface area contributed by atoms with Crippen molar-refractivity contribution in [3.8, 4) is 5.75 Å². The molecule has 2 aromatic rings. The van der Waals surface area contributed by atoms with Crippen molar-refractivity contribution in [3.63, 3.8) is 0 Å². The Bertz CT molecular complexity index is 1000. The Morgan fingerprint density at radius 2 is 1.83 bits per heavy atom. The molecular formula is C20H25N3O5S. The molecule has 1 atom stereocenters. The quantitative estimate of drug-likeness (QED) is 0.606. The first-order chi connectivity index (χ1) is 13.7. The van der Waals surface area contributed by atoms with Crippen LogP contribution in [0, 0.1) is 6.92 Å². The van der Waals surface area contributed by atoms with E-state index in [0.29, 0.717) is 17.9 Å². The number of amides is 2. The highest BCUT2D eigenvalue weighted by atomic mass is 32.2. The zero-order valence-corrected chi connectivity index (χ0v) is 17.6. The van der Waals surface area contributed by atoms with Crippen molar-refractivity contribution >= 4 is 27.5 Å². The third-order valence-corrected chi connectivity index (χ3v) is 5.69. The highest BCUT2D eigenvalue weighted by Crippen LogP contribution is 2.27. The summed E-state index contributed by atoms with van der Waals surface area (Å²) in [5.41, 5.74) is 0.891. The molecule has 2 aromatic carbocycles. The molecule has 0 saturated heterocycles. The van der Waals surface area contributed by atoms with Crippen LogP contribution in [0.3, 0.4) is 0 Å². The topological polar surface area (TPSA) is 114 Å². The standard InChI is InChI=1S/C20H25N3O5S/c1-5-21-19(24)14(3)22-20(25)15-11-10-13(2)18(12-15)29(26,27)23-16-8-6-7-9-17(16)28-4/h6-12,14,23H,5H2,1-4H3,(H,21,24)(H,22,25)/t14-/m1/s1. The number of benzene rings is 2. The van der Waals surface area contributed by atoms with Gasteiger partial charge in [-0.25, -0.2) is 8.42 Å². The van der Waals surface area contributed by atoms with Gasteiger partial charge in [-0.1, -0.05) is 18.2 Å². The summed E-state index contributed by atoms with van der Waals surface area (Å²) in [6.45, 7) is 5.41. The van der Waals surface area contributed by atoms with E-state index in [1.807, 2.05) is 0 Å². The van der Waals surface area contributed by atoms with Crippen molar-refractivity contribution in [2.24, 2.45) is 0 Å².